The minimum Gasteiger partial charge on any atom is -0.468 e. The van der Waals surface area contributed by atoms with Crippen LogP contribution in [0, 0.1) is 13.8 Å². The molecule has 0 radical (unpaired) electrons. The third kappa shape index (κ3) is 9.26. The number of amides is 4. The van der Waals surface area contributed by atoms with E-state index in [-0.39, 0.29) is 19.4 Å². The number of nitrogens with two attached hydrogens (primary N) is 1. The maximum Gasteiger partial charge on any atom is 0.408 e. The van der Waals surface area contributed by atoms with E-state index in [0.717, 1.165) is 11.1 Å². The largest absolute Gasteiger partial charge is 0.468 e. The number of rotatable bonds is 10. The quantitative estimate of drug-likeness (QED) is 0.415. The van der Waals surface area contributed by atoms with Gasteiger partial charge in [0.2, 0.25) is 17.7 Å². The topological polar surface area (TPSA) is 157 Å². The zero-order valence-electron chi connectivity index (χ0n) is 21.4. The minimum absolute atomic E-state index is 0.0962. The zero-order valence-corrected chi connectivity index (χ0v) is 21.4. The third-order valence-electron chi connectivity index (χ3n) is 5.10. The number of likely N-dealkylation sites (N-methyl/N-ethyl adjacent to an activating group) is 1. The van der Waals surface area contributed by atoms with Gasteiger partial charge in [0, 0.05) is 13.5 Å². The highest BCUT2D eigenvalue weighted by molar-refractivity contribution is 5.93. The van der Waals surface area contributed by atoms with Crippen molar-refractivity contribution in [3.8, 4) is 0 Å². The van der Waals surface area contributed by atoms with Crippen LogP contribution in [0.25, 0.3) is 0 Å². The lowest BCUT2D eigenvalue weighted by atomic mass is 9.94. The Kier molecular flexibility index (Phi) is 10.7. The summed E-state index contributed by atoms with van der Waals surface area (Å²) in [7, 11) is 2.60. The van der Waals surface area contributed by atoms with Gasteiger partial charge in [-0.2, -0.15) is 0 Å². The number of esters is 1. The van der Waals surface area contributed by atoms with Gasteiger partial charge >= 0.3 is 12.1 Å². The maximum absolute atomic E-state index is 13.5. The molecule has 1 aromatic rings. The van der Waals surface area contributed by atoms with Gasteiger partial charge < -0.3 is 30.7 Å². The van der Waals surface area contributed by atoms with Gasteiger partial charge in [0.25, 0.3) is 0 Å². The molecule has 0 aliphatic rings. The number of nitrogens with zero attached hydrogens (tertiary/aromatic N) is 1. The fraction of sp³-hybridized carbons (Fsp3) is 0.542. The van der Waals surface area contributed by atoms with Gasteiger partial charge in [-0.25, -0.2) is 4.79 Å². The predicted octanol–water partition coefficient (Wildman–Crippen LogP) is 1.25. The Morgan fingerprint density at radius 2 is 1.66 bits per heavy atom. The Balaban J connectivity index is 3.36. The molecular weight excluding hydrogens is 456 g/mol. The number of nitrogens with one attached hydrogen (secondary N) is 2. The van der Waals surface area contributed by atoms with Crippen LogP contribution < -0.4 is 16.4 Å². The lowest BCUT2D eigenvalue weighted by molar-refractivity contribution is -0.143. The number of hydrogen-bond donors (Lipinski definition) is 3. The number of hydrogen-bond acceptors (Lipinski definition) is 7. The molecule has 4 amide bonds. The summed E-state index contributed by atoms with van der Waals surface area (Å²) < 4.78 is 9.82. The molecule has 0 spiro atoms. The summed E-state index contributed by atoms with van der Waals surface area (Å²) in [6.45, 7) is 8.21. The van der Waals surface area contributed by atoms with E-state index in [1.165, 1.54) is 19.1 Å². The molecule has 0 fully saturated rings. The number of benzene rings is 1. The van der Waals surface area contributed by atoms with Crippen molar-refractivity contribution in [1.29, 1.82) is 0 Å². The first-order valence-electron chi connectivity index (χ1n) is 11.1. The molecule has 0 aliphatic carbocycles. The predicted molar refractivity (Wildman–Crippen MR) is 128 cm³/mol. The first kappa shape index (κ1) is 29.4. The molecule has 194 valence electrons. The number of primary amides is 1. The lowest BCUT2D eigenvalue weighted by Gasteiger charge is -2.33. The van der Waals surface area contributed by atoms with Gasteiger partial charge in [-0.1, -0.05) is 18.2 Å². The molecule has 0 heterocycles. The first-order valence-corrected chi connectivity index (χ1v) is 11.1. The summed E-state index contributed by atoms with van der Waals surface area (Å²) in [5.41, 5.74) is 6.50. The number of carbonyl (C=O) groups is 5. The molecule has 0 aliphatic heterocycles. The van der Waals surface area contributed by atoms with Crippen molar-refractivity contribution in [1.82, 2.24) is 15.5 Å². The van der Waals surface area contributed by atoms with Gasteiger partial charge in [-0.15, -0.1) is 0 Å². The van der Waals surface area contributed by atoms with E-state index in [2.05, 4.69) is 15.4 Å². The molecule has 1 rings (SSSR count). The standard InChI is InChI=1S/C24H36N4O7/c1-14-9-8-10-15(2)19(14)20(21(31)26-13-18(30)34-7)28(6)22(32)16(11-12-17(25)29)27-23(33)35-24(3,4)5/h8-10,16,20H,11-13H2,1-7H3,(H2,25,29)(H,26,31)(H,27,33). The molecule has 0 saturated carbocycles. The monoisotopic (exact) mass is 492 g/mol. The second-order valence-corrected chi connectivity index (χ2v) is 9.15. The van der Waals surface area contributed by atoms with Crippen molar-refractivity contribution < 1.29 is 33.4 Å². The number of carbonyl (C=O) groups excluding carboxylic acids is 5. The van der Waals surface area contributed by atoms with Crippen molar-refractivity contribution in [3.05, 3.63) is 34.9 Å². The van der Waals surface area contributed by atoms with E-state index in [9.17, 15) is 24.0 Å². The highest BCUT2D eigenvalue weighted by atomic mass is 16.6. The summed E-state index contributed by atoms with van der Waals surface area (Å²) >= 11 is 0. The Labute approximate surface area is 205 Å². The van der Waals surface area contributed by atoms with Gasteiger partial charge in [-0.3, -0.25) is 19.2 Å². The van der Waals surface area contributed by atoms with E-state index in [0.29, 0.717) is 5.56 Å². The van der Waals surface area contributed by atoms with Gasteiger partial charge in [0.05, 0.1) is 7.11 Å². The van der Waals surface area contributed by atoms with Crippen LogP contribution in [0.15, 0.2) is 18.2 Å². The summed E-state index contributed by atoms with van der Waals surface area (Å²) in [6, 6.07) is 3.08. The lowest BCUT2D eigenvalue weighted by Crippen LogP contribution is -2.52. The van der Waals surface area contributed by atoms with E-state index < -0.39 is 47.5 Å². The van der Waals surface area contributed by atoms with E-state index in [1.54, 1.807) is 46.8 Å². The second kappa shape index (κ2) is 12.7. The van der Waals surface area contributed by atoms with Crippen LogP contribution in [0.2, 0.25) is 0 Å². The Bertz CT molecular complexity index is 935. The summed E-state index contributed by atoms with van der Waals surface area (Å²) in [6.07, 6.45) is -1.13. The van der Waals surface area contributed by atoms with Crippen molar-refractivity contribution in [2.75, 3.05) is 20.7 Å². The Morgan fingerprint density at radius 1 is 1.09 bits per heavy atom. The fourth-order valence-corrected chi connectivity index (χ4v) is 3.45. The normalized spacial score (nSPS) is 12.7. The van der Waals surface area contributed by atoms with E-state index in [4.69, 9.17) is 10.5 Å². The molecule has 11 nitrogen and oxygen atoms in total. The molecular formula is C24H36N4O7. The third-order valence-corrected chi connectivity index (χ3v) is 5.10. The van der Waals surface area contributed by atoms with Crippen molar-refractivity contribution in [2.45, 2.75) is 65.1 Å². The molecule has 0 aromatic heterocycles. The van der Waals surface area contributed by atoms with Crippen molar-refractivity contribution in [3.63, 3.8) is 0 Å². The SMILES string of the molecule is COC(=O)CNC(=O)C(c1c(C)cccc1C)N(C)C(=O)C(CCC(N)=O)NC(=O)OC(C)(C)C. The summed E-state index contributed by atoms with van der Waals surface area (Å²) in [5.74, 6) is -2.57. The van der Waals surface area contributed by atoms with Crippen LogP contribution in [0.5, 0.6) is 0 Å². The molecule has 35 heavy (non-hydrogen) atoms. The molecule has 4 N–H and O–H groups in total. The van der Waals surface area contributed by atoms with Crippen LogP contribution >= 0.6 is 0 Å². The van der Waals surface area contributed by atoms with Crippen LogP contribution in [0.1, 0.15) is 56.3 Å². The van der Waals surface area contributed by atoms with Crippen LogP contribution in [0.3, 0.4) is 0 Å². The minimum atomic E-state index is -1.19. The Morgan fingerprint density at radius 3 is 2.14 bits per heavy atom. The second-order valence-electron chi connectivity index (χ2n) is 9.15. The van der Waals surface area contributed by atoms with Crippen LogP contribution in [-0.4, -0.2) is 67.0 Å². The van der Waals surface area contributed by atoms with Crippen LogP contribution in [0.4, 0.5) is 4.79 Å². The van der Waals surface area contributed by atoms with Gasteiger partial charge in [0.15, 0.2) is 0 Å². The molecule has 0 saturated heterocycles. The maximum atomic E-state index is 13.5. The average Bonchev–Trinajstić information content (AvgIpc) is 2.74. The molecule has 2 unspecified atom stereocenters. The Hall–Kier alpha value is -3.63. The van der Waals surface area contributed by atoms with Crippen molar-refractivity contribution >= 4 is 29.8 Å². The first-order chi connectivity index (χ1) is 16.2. The summed E-state index contributed by atoms with van der Waals surface area (Å²) in [4.78, 5) is 63.3. The fourth-order valence-electron chi connectivity index (χ4n) is 3.45. The smallest absolute Gasteiger partial charge is 0.408 e. The number of alkyl carbamates (subject to hydrolysis) is 1. The molecule has 1 aromatic carbocycles. The highest BCUT2D eigenvalue weighted by Crippen LogP contribution is 2.27. The molecule has 11 heteroatoms. The van der Waals surface area contributed by atoms with E-state index in [1.807, 2.05) is 6.07 Å². The van der Waals surface area contributed by atoms with Crippen molar-refractivity contribution in [2.24, 2.45) is 5.73 Å². The zero-order chi connectivity index (χ0) is 26.9. The van der Waals surface area contributed by atoms with Gasteiger partial charge in [0.1, 0.15) is 24.2 Å². The molecule has 0 bridgehead atoms. The summed E-state index contributed by atoms with van der Waals surface area (Å²) in [5, 5.41) is 4.97. The number of methoxy groups -OCH3 is 1. The molecule has 2 atom stereocenters. The van der Waals surface area contributed by atoms with E-state index >= 15 is 0 Å². The van der Waals surface area contributed by atoms with Crippen LogP contribution in [-0.2, 0) is 28.7 Å². The van der Waals surface area contributed by atoms with Gasteiger partial charge in [-0.05, 0) is 57.7 Å². The highest BCUT2D eigenvalue weighted by Gasteiger charge is 2.35. The number of ether oxygens (including phenoxy) is 2. The number of aryl methyl sites for hydroxylation is 2. The average molecular weight is 493 g/mol.